The van der Waals surface area contributed by atoms with E-state index in [1.54, 1.807) is 12.1 Å². The monoisotopic (exact) mass is 290 g/mol. The van der Waals surface area contributed by atoms with E-state index in [1.165, 1.54) is 11.8 Å². The smallest absolute Gasteiger partial charge is 0.262 e. The fraction of sp³-hybridized carbons (Fsp3) is 0.200. The van der Waals surface area contributed by atoms with Gasteiger partial charge in [0.1, 0.15) is 10.9 Å². The normalized spacial score (nSPS) is 10.1. The molecule has 4 nitrogen and oxygen atoms in total. The number of rotatable bonds is 5. The van der Waals surface area contributed by atoms with E-state index < -0.39 is 0 Å². The molecular formula is C15H15ClN2O2. The average molecular weight is 291 g/mol. The van der Waals surface area contributed by atoms with Gasteiger partial charge in [-0.05, 0) is 36.2 Å². The van der Waals surface area contributed by atoms with Crippen LogP contribution in [-0.2, 0) is 11.2 Å². The number of aryl methyl sites for hydroxylation is 1. The number of halogens is 1. The molecule has 1 N–H and O–H groups in total. The van der Waals surface area contributed by atoms with E-state index in [0.29, 0.717) is 16.6 Å². The van der Waals surface area contributed by atoms with Crippen LogP contribution >= 0.6 is 11.6 Å². The Labute approximate surface area is 122 Å². The Bertz CT molecular complexity index is 585. The van der Waals surface area contributed by atoms with Crippen LogP contribution in [0.2, 0.25) is 5.15 Å². The first-order chi connectivity index (χ1) is 9.67. The zero-order chi connectivity index (χ0) is 14.4. The summed E-state index contributed by atoms with van der Waals surface area (Å²) in [5.74, 6) is 0.449. The Morgan fingerprint density at radius 1 is 1.35 bits per heavy atom. The third-order valence-electron chi connectivity index (χ3n) is 2.69. The average Bonchev–Trinajstić information content (AvgIpc) is 2.48. The van der Waals surface area contributed by atoms with E-state index in [-0.39, 0.29) is 12.5 Å². The van der Waals surface area contributed by atoms with Gasteiger partial charge in [-0.2, -0.15) is 0 Å². The summed E-state index contributed by atoms with van der Waals surface area (Å²) in [6, 6.07) is 11.0. The van der Waals surface area contributed by atoms with Gasteiger partial charge in [-0.15, -0.1) is 0 Å². The van der Waals surface area contributed by atoms with Crippen molar-refractivity contribution >= 4 is 23.2 Å². The topological polar surface area (TPSA) is 51.2 Å². The number of benzene rings is 1. The summed E-state index contributed by atoms with van der Waals surface area (Å²) in [6.07, 6.45) is 2.43. The summed E-state index contributed by atoms with van der Waals surface area (Å²) in [4.78, 5) is 15.6. The lowest BCUT2D eigenvalue weighted by Crippen LogP contribution is -2.20. The molecule has 0 radical (unpaired) electrons. The number of hydrogen-bond acceptors (Lipinski definition) is 3. The minimum Gasteiger partial charge on any atom is -0.484 e. The van der Waals surface area contributed by atoms with Crippen LogP contribution in [-0.4, -0.2) is 17.5 Å². The SMILES string of the molecule is CCc1cccc(OCC(=O)Nc2ccc(Cl)nc2)c1. The van der Waals surface area contributed by atoms with Gasteiger partial charge in [-0.3, -0.25) is 4.79 Å². The molecule has 1 aromatic carbocycles. The van der Waals surface area contributed by atoms with Crippen molar-refractivity contribution < 1.29 is 9.53 Å². The Hall–Kier alpha value is -2.07. The summed E-state index contributed by atoms with van der Waals surface area (Å²) in [7, 11) is 0. The van der Waals surface area contributed by atoms with Crippen molar-refractivity contribution in [3.8, 4) is 5.75 Å². The molecule has 2 aromatic rings. The van der Waals surface area contributed by atoms with E-state index in [0.717, 1.165) is 6.42 Å². The second-order valence-electron chi connectivity index (χ2n) is 4.21. The highest BCUT2D eigenvalue weighted by Gasteiger charge is 2.04. The van der Waals surface area contributed by atoms with Crippen LogP contribution in [0.25, 0.3) is 0 Å². The molecule has 0 aliphatic carbocycles. The summed E-state index contributed by atoms with van der Waals surface area (Å²) in [6.45, 7) is 2.02. The lowest BCUT2D eigenvalue weighted by Gasteiger charge is -2.08. The molecule has 104 valence electrons. The van der Waals surface area contributed by atoms with Gasteiger partial charge in [0, 0.05) is 0 Å². The van der Waals surface area contributed by atoms with E-state index in [1.807, 2.05) is 24.3 Å². The van der Waals surface area contributed by atoms with Crippen molar-refractivity contribution in [2.24, 2.45) is 0 Å². The van der Waals surface area contributed by atoms with Crippen LogP contribution in [0.15, 0.2) is 42.6 Å². The standard InChI is InChI=1S/C15H15ClN2O2/c1-2-11-4-3-5-13(8-11)20-10-15(19)18-12-6-7-14(16)17-9-12/h3-9H,2,10H2,1H3,(H,18,19). The third kappa shape index (κ3) is 4.24. The van der Waals surface area contributed by atoms with Gasteiger partial charge in [0.15, 0.2) is 6.61 Å². The van der Waals surface area contributed by atoms with Crippen LogP contribution in [0.4, 0.5) is 5.69 Å². The number of amides is 1. The molecule has 0 spiro atoms. The highest BCUT2D eigenvalue weighted by Crippen LogP contribution is 2.14. The van der Waals surface area contributed by atoms with Gasteiger partial charge in [0.05, 0.1) is 11.9 Å². The fourth-order valence-corrected chi connectivity index (χ4v) is 1.76. The molecule has 20 heavy (non-hydrogen) atoms. The number of pyridine rings is 1. The molecule has 0 atom stereocenters. The number of anilines is 1. The van der Waals surface area contributed by atoms with E-state index in [9.17, 15) is 4.79 Å². The van der Waals surface area contributed by atoms with Crippen molar-refractivity contribution in [3.05, 3.63) is 53.3 Å². The Morgan fingerprint density at radius 2 is 2.20 bits per heavy atom. The second-order valence-corrected chi connectivity index (χ2v) is 4.59. The van der Waals surface area contributed by atoms with Gasteiger partial charge in [0.2, 0.25) is 0 Å². The lowest BCUT2D eigenvalue weighted by molar-refractivity contribution is -0.118. The van der Waals surface area contributed by atoms with Gasteiger partial charge in [-0.25, -0.2) is 4.98 Å². The zero-order valence-corrected chi connectivity index (χ0v) is 11.9. The van der Waals surface area contributed by atoms with Crippen LogP contribution in [0, 0.1) is 0 Å². The quantitative estimate of drug-likeness (QED) is 0.860. The molecule has 0 bridgehead atoms. The largest absolute Gasteiger partial charge is 0.484 e. The van der Waals surface area contributed by atoms with Crippen LogP contribution in [0.5, 0.6) is 5.75 Å². The highest BCUT2D eigenvalue weighted by atomic mass is 35.5. The summed E-state index contributed by atoms with van der Waals surface area (Å²) < 4.78 is 5.45. The number of nitrogens with zero attached hydrogens (tertiary/aromatic N) is 1. The van der Waals surface area contributed by atoms with E-state index >= 15 is 0 Å². The molecule has 5 heteroatoms. The number of nitrogens with one attached hydrogen (secondary N) is 1. The molecule has 0 aliphatic heterocycles. The molecule has 1 amide bonds. The predicted molar refractivity (Wildman–Crippen MR) is 79.2 cm³/mol. The Balaban J connectivity index is 1.87. The lowest BCUT2D eigenvalue weighted by atomic mass is 10.2. The van der Waals surface area contributed by atoms with Crippen molar-refractivity contribution in [1.82, 2.24) is 4.98 Å². The third-order valence-corrected chi connectivity index (χ3v) is 2.91. The minimum absolute atomic E-state index is 0.0458. The Morgan fingerprint density at radius 3 is 2.90 bits per heavy atom. The molecule has 2 rings (SSSR count). The molecule has 0 aliphatic rings. The van der Waals surface area contributed by atoms with E-state index in [2.05, 4.69) is 17.2 Å². The maximum atomic E-state index is 11.7. The van der Waals surface area contributed by atoms with Gasteiger partial charge in [-0.1, -0.05) is 30.7 Å². The molecule has 0 saturated heterocycles. The number of carbonyl (C=O) groups excluding carboxylic acids is 1. The van der Waals surface area contributed by atoms with Gasteiger partial charge in [0.25, 0.3) is 5.91 Å². The molecule has 0 unspecified atom stereocenters. The van der Waals surface area contributed by atoms with Crippen LogP contribution in [0.3, 0.4) is 0 Å². The van der Waals surface area contributed by atoms with Gasteiger partial charge >= 0.3 is 0 Å². The minimum atomic E-state index is -0.240. The van der Waals surface area contributed by atoms with Crippen molar-refractivity contribution in [3.63, 3.8) is 0 Å². The molecular weight excluding hydrogens is 276 g/mol. The first-order valence-corrected chi connectivity index (χ1v) is 6.68. The Kier molecular flexibility index (Phi) is 4.96. The van der Waals surface area contributed by atoms with Crippen LogP contribution in [0.1, 0.15) is 12.5 Å². The second kappa shape index (κ2) is 6.91. The highest BCUT2D eigenvalue weighted by molar-refractivity contribution is 6.29. The van der Waals surface area contributed by atoms with E-state index in [4.69, 9.17) is 16.3 Å². The summed E-state index contributed by atoms with van der Waals surface area (Å²) in [5, 5.41) is 3.07. The maximum absolute atomic E-state index is 11.7. The number of aromatic nitrogens is 1. The van der Waals surface area contributed by atoms with Crippen molar-refractivity contribution in [2.45, 2.75) is 13.3 Å². The number of ether oxygens (including phenoxy) is 1. The van der Waals surface area contributed by atoms with Crippen molar-refractivity contribution in [2.75, 3.05) is 11.9 Å². The number of hydrogen-bond donors (Lipinski definition) is 1. The molecule has 0 saturated carbocycles. The molecule has 0 fully saturated rings. The first-order valence-electron chi connectivity index (χ1n) is 6.30. The molecule has 1 aromatic heterocycles. The zero-order valence-electron chi connectivity index (χ0n) is 11.1. The van der Waals surface area contributed by atoms with Gasteiger partial charge < -0.3 is 10.1 Å². The predicted octanol–water partition coefficient (Wildman–Crippen LogP) is 3.31. The van der Waals surface area contributed by atoms with Crippen LogP contribution < -0.4 is 10.1 Å². The first kappa shape index (κ1) is 14.3. The van der Waals surface area contributed by atoms with Crippen molar-refractivity contribution in [1.29, 1.82) is 0 Å². The maximum Gasteiger partial charge on any atom is 0.262 e. The summed E-state index contributed by atoms with van der Waals surface area (Å²) in [5.41, 5.74) is 1.76. The molecule has 1 heterocycles. The fourth-order valence-electron chi connectivity index (χ4n) is 1.65. The summed E-state index contributed by atoms with van der Waals surface area (Å²) >= 11 is 5.67. The number of carbonyl (C=O) groups is 1.